The first kappa shape index (κ1) is 60.4. The van der Waals surface area contributed by atoms with E-state index in [9.17, 15) is 14.4 Å². The Kier molecular flexibility index (Phi) is 47.6. The van der Waals surface area contributed by atoms with Gasteiger partial charge in [0, 0.05) is 19.3 Å². The summed E-state index contributed by atoms with van der Waals surface area (Å²) in [4.78, 5) is 38.1. The van der Waals surface area contributed by atoms with Gasteiger partial charge in [-0.2, -0.15) is 0 Å². The predicted molar refractivity (Wildman–Crippen MR) is 266 cm³/mol. The molecule has 6 nitrogen and oxygen atoms in total. The fraction of sp³-hybridized carbons (Fsp3) is 0.946. The van der Waals surface area contributed by atoms with Crippen molar-refractivity contribution < 1.29 is 28.6 Å². The van der Waals surface area contributed by atoms with E-state index in [1.807, 2.05) is 0 Å². The van der Waals surface area contributed by atoms with Crippen molar-refractivity contribution in [3.8, 4) is 0 Å². The Hall–Kier alpha value is -1.59. The lowest BCUT2D eigenvalue weighted by atomic mass is 10.0. The topological polar surface area (TPSA) is 78.9 Å². The molecule has 0 unspecified atom stereocenters. The minimum atomic E-state index is -0.762. The van der Waals surface area contributed by atoms with Gasteiger partial charge >= 0.3 is 17.9 Å². The summed E-state index contributed by atoms with van der Waals surface area (Å²) in [7, 11) is 0. The number of hydrogen-bond donors (Lipinski definition) is 0. The quantitative estimate of drug-likeness (QED) is 0.0344. The Bertz CT molecular complexity index is 947. The third-order valence-corrected chi connectivity index (χ3v) is 12.7. The molecule has 0 heterocycles. The van der Waals surface area contributed by atoms with Gasteiger partial charge in [-0.3, -0.25) is 14.4 Å². The molecule has 0 aromatic rings. The maximum absolute atomic E-state index is 12.8. The molecule has 0 aliphatic rings. The maximum Gasteiger partial charge on any atom is 0.306 e. The molecule has 0 bridgehead atoms. The second-order valence-electron chi connectivity index (χ2n) is 20.2. The van der Waals surface area contributed by atoms with E-state index in [4.69, 9.17) is 14.2 Å². The van der Waals surface area contributed by atoms with E-state index in [1.165, 1.54) is 199 Å². The maximum atomic E-state index is 12.8. The molecule has 0 amide bonds. The molecular formula is C56H108O6. The van der Waals surface area contributed by atoms with E-state index in [1.54, 1.807) is 0 Å². The molecule has 0 fully saturated rings. The highest BCUT2D eigenvalue weighted by atomic mass is 16.6. The summed E-state index contributed by atoms with van der Waals surface area (Å²) in [5.41, 5.74) is 0. The van der Waals surface area contributed by atoms with Crippen molar-refractivity contribution >= 4 is 17.9 Å². The second-order valence-corrected chi connectivity index (χ2v) is 20.2. The molecule has 62 heavy (non-hydrogen) atoms. The minimum Gasteiger partial charge on any atom is -0.462 e. The van der Waals surface area contributed by atoms with Crippen LogP contribution >= 0.6 is 0 Å². The lowest BCUT2D eigenvalue weighted by molar-refractivity contribution is -0.167. The van der Waals surface area contributed by atoms with Gasteiger partial charge in [-0.15, -0.1) is 0 Å². The molecule has 0 N–H and O–H groups in total. The molecule has 368 valence electrons. The van der Waals surface area contributed by atoms with Gasteiger partial charge in [0.1, 0.15) is 13.2 Å². The van der Waals surface area contributed by atoms with Gasteiger partial charge in [0.25, 0.3) is 0 Å². The molecule has 0 saturated heterocycles. The molecule has 0 aromatic heterocycles. The van der Waals surface area contributed by atoms with Crippen molar-refractivity contribution in [1.82, 2.24) is 0 Å². The smallest absolute Gasteiger partial charge is 0.306 e. The van der Waals surface area contributed by atoms with Crippen LogP contribution in [0.3, 0.4) is 0 Å². The third kappa shape index (κ3) is 49.4. The van der Waals surface area contributed by atoms with E-state index in [2.05, 4.69) is 34.6 Å². The SMILES string of the molecule is CCCCCCCCCCCCCCCCCC(=O)OC[C@@H](COC(=O)CCCCCCCCCCCCCCCC(C)C)OC(=O)CCCCCCCCCCCCC(C)C. The average Bonchev–Trinajstić information content (AvgIpc) is 3.24. The van der Waals surface area contributed by atoms with E-state index in [0.29, 0.717) is 19.3 Å². The lowest BCUT2D eigenvalue weighted by Gasteiger charge is -2.18. The van der Waals surface area contributed by atoms with Crippen molar-refractivity contribution in [2.24, 2.45) is 11.8 Å². The zero-order chi connectivity index (χ0) is 45.4. The zero-order valence-corrected chi connectivity index (χ0v) is 42.5. The van der Waals surface area contributed by atoms with E-state index in [-0.39, 0.29) is 31.1 Å². The van der Waals surface area contributed by atoms with Crippen molar-refractivity contribution in [3.05, 3.63) is 0 Å². The first-order valence-corrected chi connectivity index (χ1v) is 27.7. The highest BCUT2D eigenvalue weighted by Gasteiger charge is 2.19. The lowest BCUT2D eigenvalue weighted by Crippen LogP contribution is -2.30. The summed E-state index contributed by atoms with van der Waals surface area (Å²) in [6, 6.07) is 0. The van der Waals surface area contributed by atoms with Gasteiger partial charge in [0.05, 0.1) is 0 Å². The van der Waals surface area contributed by atoms with E-state index in [0.717, 1.165) is 69.6 Å². The number of carbonyl (C=O) groups excluding carboxylic acids is 3. The van der Waals surface area contributed by atoms with Gasteiger partial charge < -0.3 is 14.2 Å². The fourth-order valence-electron chi connectivity index (χ4n) is 8.52. The monoisotopic (exact) mass is 877 g/mol. The highest BCUT2D eigenvalue weighted by molar-refractivity contribution is 5.71. The molecule has 6 heteroatoms. The van der Waals surface area contributed by atoms with Crippen LogP contribution in [0.15, 0.2) is 0 Å². The average molecular weight is 877 g/mol. The summed E-state index contributed by atoms with van der Waals surface area (Å²) >= 11 is 0. The second kappa shape index (κ2) is 48.9. The first-order chi connectivity index (χ1) is 30.2. The molecule has 0 saturated carbocycles. The summed E-state index contributed by atoms with van der Waals surface area (Å²) < 4.78 is 16.9. The number of esters is 3. The Balaban J connectivity index is 4.30. The summed E-state index contributed by atoms with van der Waals surface area (Å²) in [6.07, 6.45) is 50.9. The van der Waals surface area contributed by atoms with Crippen LogP contribution in [-0.2, 0) is 28.6 Å². The number of rotatable bonds is 50. The predicted octanol–water partition coefficient (Wildman–Crippen LogP) is 18.1. The van der Waals surface area contributed by atoms with Gasteiger partial charge in [0.15, 0.2) is 6.10 Å². The molecule has 0 aliphatic carbocycles. The normalized spacial score (nSPS) is 12.0. The van der Waals surface area contributed by atoms with Crippen LogP contribution in [0.5, 0.6) is 0 Å². The summed E-state index contributed by atoms with van der Waals surface area (Å²) in [5, 5.41) is 0. The van der Waals surface area contributed by atoms with Crippen LogP contribution < -0.4 is 0 Å². The van der Waals surface area contributed by atoms with Crippen molar-refractivity contribution in [2.45, 2.75) is 317 Å². The molecule has 0 spiro atoms. The van der Waals surface area contributed by atoms with Crippen molar-refractivity contribution in [2.75, 3.05) is 13.2 Å². The van der Waals surface area contributed by atoms with Crippen molar-refractivity contribution in [3.63, 3.8) is 0 Å². The largest absolute Gasteiger partial charge is 0.462 e. The Morgan fingerprint density at radius 3 is 0.790 bits per heavy atom. The van der Waals surface area contributed by atoms with Gasteiger partial charge in [0.2, 0.25) is 0 Å². The molecular weight excluding hydrogens is 769 g/mol. The van der Waals surface area contributed by atoms with Gasteiger partial charge in [-0.25, -0.2) is 0 Å². The summed E-state index contributed by atoms with van der Waals surface area (Å²) in [6.45, 7) is 11.4. The van der Waals surface area contributed by atoms with Crippen LogP contribution in [0.4, 0.5) is 0 Å². The number of unbranched alkanes of at least 4 members (excludes halogenated alkanes) is 35. The molecule has 0 rings (SSSR count). The first-order valence-electron chi connectivity index (χ1n) is 27.7. The standard InChI is InChI=1S/C56H108O6/c1-6-7-8-9-10-11-12-13-14-17-20-26-31-36-41-46-54(57)60-49-53(62-56(59)48-43-38-33-28-23-22-25-30-35-40-45-52(4)5)50-61-55(58)47-42-37-32-27-21-18-15-16-19-24-29-34-39-44-51(2)3/h51-53H,6-50H2,1-5H3/t53-/m0/s1. The van der Waals surface area contributed by atoms with Crippen LogP contribution in [0, 0.1) is 11.8 Å². The number of ether oxygens (including phenoxy) is 3. The van der Waals surface area contributed by atoms with E-state index < -0.39 is 6.10 Å². The molecule has 0 radical (unpaired) electrons. The van der Waals surface area contributed by atoms with Crippen LogP contribution in [0.2, 0.25) is 0 Å². The third-order valence-electron chi connectivity index (χ3n) is 12.7. The van der Waals surface area contributed by atoms with Crippen LogP contribution in [0.25, 0.3) is 0 Å². The number of hydrogen-bond acceptors (Lipinski definition) is 6. The molecule has 0 aromatic carbocycles. The Morgan fingerprint density at radius 1 is 0.306 bits per heavy atom. The summed E-state index contributed by atoms with van der Waals surface area (Å²) in [5.74, 6) is 0.813. The van der Waals surface area contributed by atoms with Crippen molar-refractivity contribution in [1.29, 1.82) is 0 Å². The minimum absolute atomic E-state index is 0.0631. The van der Waals surface area contributed by atoms with Crippen LogP contribution in [0.1, 0.15) is 311 Å². The van der Waals surface area contributed by atoms with Gasteiger partial charge in [-0.05, 0) is 31.1 Å². The molecule has 0 aliphatic heterocycles. The highest BCUT2D eigenvalue weighted by Crippen LogP contribution is 2.18. The Labute approximate surface area is 387 Å². The fourth-order valence-corrected chi connectivity index (χ4v) is 8.52. The van der Waals surface area contributed by atoms with E-state index >= 15 is 0 Å². The molecule has 1 atom stereocenters. The van der Waals surface area contributed by atoms with Crippen LogP contribution in [-0.4, -0.2) is 37.2 Å². The Morgan fingerprint density at radius 2 is 0.532 bits per heavy atom. The van der Waals surface area contributed by atoms with Gasteiger partial charge in [-0.1, -0.05) is 272 Å². The zero-order valence-electron chi connectivity index (χ0n) is 42.5. The number of carbonyl (C=O) groups is 3.